The summed E-state index contributed by atoms with van der Waals surface area (Å²) in [6, 6.07) is 11.0. The fourth-order valence-electron chi connectivity index (χ4n) is 1.76. The molecule has 2 nitrogen and oxygen atoms in total. The maximum Gasteiger partial charge on any atom is 0.118 e. The summed E-state index contributed by atoms with van der Waals surface area (Å²) in [4.78, 5) is 0. The molecule has 0 aliphatic heterocycles. The topological polar surface area (TPSA) is 40.5 Å². The molecule has 18 heavy (non-hydrogen) atoms. The molecule has 0 aromatic heterocycles. The van der Waals surface area contributed by atoms with Gasteiger partial charge in [0.15, 0.2) is 0 Å². The SMILES string of the molecule is Cc1cc(C=Cc2ccc(O)c(C)c2)ccc1O. The van der Waals surface area contributed by atoms with Crippen LogP contribution in [0.25, 0.3) is 12.2 Å². The van der Waals surface area contributed by atoms with Crippen molar-refractivity contribution in [3.8, 4) is 11.5 Å². The number of phenolic OH excluding ortho intramolecular Hbond substituents is 2. The Hall–Kier alpha value is -2.22. The van der Waals surface area contributed by atoms with Gasteiger partial charge >= 0.3 is 0 Å². The first kappa shape index (κ1) is 12.2. The Labute approximate surface area is 107 Å². The molecule has 0 fully saturated rings. The number of aromatic hydroxyl groups is 2. The minimum absolute atomic E-state index is 0.313. The molecule has 0 unspecified atom stereocenters. The van der Waals surface area contributed by atoms with E-state index in [-0.39, 0.29) is 0 Å². The van der Waals surface area contributed by atoms with Crippen molar-refractivity contribution in [2.45, 2.75) is 13.8 Å². The predicted octanol–water partition coefficient (Wildman–Crippen LogP) is 3.89. The lowest BCUT2D eigenvalue weighted by molar-refractivity contribution is 0.470. The first-order valence-corrected chi connectivity index (χ1v) is 5.83. The van der Waals surface area contributed by atoms with Crippen LogP contribution in [-0.2, 0) is 0 Å². The van der Waals surface area contributed by atoms with Crippen LogP contribution in [0.4, 0.5) is 0 Å². The fraction of sp³-hybridized carbons (Fsp3) is 0.125. The zero-order valence-corrected chi connectivity index (χ0v) is 10.5. The Kier molecular flexibility index (Phi) is 3.38. The van der Waals surface area contributed by atoms with Crippen LogP contribution >= 0.6 is 0 Å². The summed E-state index contributed by atoms with van der Waals surface area (Å²) in [5, 5.41) is 18.9. The van der Waals surface area contributed by atoms with Gasteiger partial charge in [-0.05, 0) is 60.4 Å². The Morgan fingerprint density at radius 2 is 1.11 bits per heavy atom. The largest absolute Gasteiger partial charge is 0.508 e. The van der Waals surface area contributed by atoms with Gasteiger partial charge in [0.25, 0.3) is 0 Å². The minimum Gasteiger partial charge on any atom is -0.508 e. The molecule has 0 aliphatic rings. The Balaban J connectivity index is 2.24. The summed E-state index contributed by atoms with van der Waals surface area (Å²) in [5.74, 6) is 0.625. The van der Waals surface area contributed by atoms with E-state index in [1.54, 1.807) is 12.1 Å². The standard InChI is InChI=1S/C16H16O2/c1-11-9-13(5-7-15(11)17)3-4-14-6-8-16(18)12(2)10-14/h3-10,17-18H,1-2H3. The second kappa shape index (κ2) is 4.96. The van der Waals surface area contributed by atoms with Crippen LogP contribution in [0.1, 0.15) is 22.3 Å². The van der Waals surface area contributed by atoms with Gasteiger partial charge in [0.2, 0.25) is 0 Å². The quantitative estimate of drug-likeness (QED) is 0.782. The minimum atomic E-state index is 0.313. The zero-order chi connectivity index (χ0) is 13.1. The maximum absolute atomic E-state index is 9.44. The van der Waals surface area contributed by atoms with E-state index < -0.39 is 0 Å². The van der Waals surface area contributed by atoms with E-state index in [1.165, 1.54) is 0 Å². The summed E-state index contributed by atoms with van der Waals surface area (Å²) in [7, 11) is 0. The summed E-state index contributed by atoms with van der Waals surface area (Å²) in [5.41, 5.74) is 3.80. The molecule has 2 aromatic rings. The Bertz CT molecular complexity index is 545. The maximum atomic E-state index is 9.44. The third-order valence-electron chi connectivity index (χ3n) is 2.91. The first-order chi connectivity index (χ1) is 8.56. The van der Waals surface area contributed by atoms with Crippen molar-refractivity contribution in [2.75, 3.05) is 0 Å². The van der Waals surface area contributed by atoms with E-state index in [0.29, 0.717) is 11.5 Å². The van der Waals surface area contributed by atoms with E-state index in [4.69, 9.17) is 0 Å². The number of benzene rings is 2. The van der Waals surface area contributed by atoms with Gasteiger partial charge in [-0.15, -0.1) is 0 Å². The van der Waals surface area contributed by atoms with Crippen LogP contribution in [0.3, 0.4) is 0 Å². The second-order valence-electron chi connectivity index (χ2n) is 4.43. The Morgan fingerprint density at radius 1 is 0.722 bits per heavy atom. The molecule has 0 bridgehead atoms. The fourth-order valence-corrected chi connectivity index (χ4v) is 1.76. The third kappa shape index (κ3) is 2.72. The second-order valence-corrected chi connectivity index (χ2v) is 4.43. The molecule has 92 valence electrons. The molecule has 0 amide bonds. The highest BCUT2D eigenvalue weighted by Crippen LogP contribution is 2.20. The lowest BCUT2D eigenvalue weighted by Crippen LogP contribution is -1.79. The molecule has 2 heteroatoms. The number of rotatable bonds is 2. The van der Waals surface area contributed by atoms with E-state index in [1.807, 2.05) is 50.3 Å². The van der Waals surface area contributed by atoms with Crippen LogP contribution in [0.2, 0.25) is 0 Å². The predicted molar refractivity (Wildman–Crippen MR) is 74.6 cm³/mol. The highest BCUT2D eigenvalue weighted by Gasteiger charge is 1.97. The number of aryl methyl sites for hydroxylation is 2. The average molecular weight is 240 g/mol. The van der Waals surface area contributed by atoms with Gasteiger partial charge in [-0.1, -0.05) is 24.3 Å². The molecule has 0 saturated heterocycles. The molecule has 2 N–H and O–H groups in total. The summed E-state index contributed by atoms with van der Waals surface area (Å²) < 4.78 is 0. The third-order valence-corrected chi connectivity index (χ3v) is 2.91. The Morgan fingerprint density at radius 3 is 1.44 bits per heavy atom. The van der Waals surface area contributed by atoms with Gasteiger partial charge in [0.05, 0.1) is 0 Å². The lowest BCUT2D eigenvalue weighted by atomic mass is 10.1. The van der Waals surface area contributed by atoms with E-state index in [2.05, 4.69) is 0 Å². The van der Waals surface area contributed by atoms with Crippen molar-refractivity contribution >= 4 is 12.2 Å². The van der Waals surface area contributed by atoms with Crippen molar-refractivity contribution < 1.29 is 10.2 Å². The smallest absolute Gasteiger partial charge is 0.118 e. The highest BCUT2D eigenvalue weighted by molar-refractivity contribution is 5.71. The number of phenols is 2. The van der Waals surface area contributed by atoms with E-state index >= 15 is 0 Å². The van der Waals surface area contributed by atoms with Crippen molar-refractivity contribution in [3.05, 3.63) is 58.7 Å². The van der Waals surface area contributed by atoms with E-state index in [9.17, 15) is 10.2 Å². The van der Waals surface area contributed by atoms with Crippen LogP contribution in [0.15, 0.2) is 36.4 Å². The molecule has 0 heterocycles. The monoisotopic (exact) mass is 240 g/mol. The summed E-state index contributed by atoms with van der Waals surface area (Å²) in [6.07, 6.45) is 3.97. The molecular weight excluding hydrogens is 224 g/mol. The first-order valence-electron chi connectivity index (χ1n) is 5.83. The van der Waals surface area contributed by atoms with Crippen LogP contribution in [-0.4, -0.2) is 10.2 Å². The van der Waals surface area contributed by atoms with Crippen LogP contribution < -0.4 is 0 Å². The number of hydrogen-bond donors (Lipinski definition) is 2. The summed E-state index contributed by atoms with van der Waals surface area (Å²) in [6.45, 7) is 3.74. The molecule has 2 aromatic carbocycles. The van der Waals surface area contributed by atoms with Gasteiger partial charge in [0, 0.05) is 0 Å². The van der Waals surface area contributed by atoms with Gasteiger partial charge in [-0.3, -0.25) is 0 Å². The molecule has 0 spiro atoms. The normalized spacial score (nSPS) is 11.0. The molecule has 0 radical (unpaired) electrons. The van der Waals surface area contributed by atoms with Gasteiger partial charge in [0.1, 0.15) is 11.5 Å². The van der Waals surface area contributed by atoms with Gasteiger partial charge in [-0.25, -0.2) is 0 Å². The molecular formula is C16H16O2. The van der Waals surface area contributed by atoms with Crippen molar-refractivity contribution in [1.82, 2.24) is 0 Å². The highest BCUT2D eigenvalue weighted by atomic mass is 16.3. The lowest BCUT2D eigenvalue weighted by Gasteiger charge is -2.01. The van der Waals surface area contributed by atoms with Gasteiger partial charge < -0.3 is 10.2 Å². The van der Waals surface area contributed by atoms with Crippen molar-refractivity contribution in [3.63, 3.8) is 0 Å². The molecule has 0 aliphatic carbocycles. The molecule has 0 saturated carbocycles. The van der Waals surface area contributed by atoms with Crippen molar-refractivity contribution in [2.24, 2.45) is 0 Å². The van der Waals surface area contributed by atoms with Crippen LogP contribution in [0.5, 0.6) is 11.5 Å². The number of hydrogen-bond acceptors (Lipinski definition) is 2. The zero-order valence-electron chi connectivity index (χ0n) is 10.5. The van der Waals surface area contributed by atoms with Crippen molar-refractivity contribution in [1.29, 1.82) is 0 Å². The van der Waals surface area contributed by atoms with E-state index in [0.717, 1.165) is 22.3 Å². The molecule has 2 rings (SSSR count). The van der Waals surface area contributed by atoms with Gasteiger partial charge in [-0.2, -0.15) is 0 Å². The summed E-state index contributed by atoms with van der Waals surface area (Å²) >= 11 is 0. The molecule has 0 atom stereocenters. The van der Waals surface area contributed by atoms with Crippen LogP contribution in [0, 0.1) is 13.8 Å². The average Bonchev–Trinajstić information content (AvgIpc) is 2.35.